The van der Waals surface area contributed by atoms with Gasteiger partial charge < -0.3 is 0 Å². The number of nitrogens with zero attached hydrogens (tertiary/aromatic N) is 3. The minimum absolute atomic E-state index is 0.0802. The molecule has 1 atom stereocenters. The highest BCUT2D eigenvalue weighted by molar-refractivity contribution is 6.29. The Balaban J connectivity index is 2.02. The van der Waals surface area contributed by atoms with Gasteiger partial charge in [0.1, 0.15) is 11.2 Å². The van der Waals surface area contributed by atoms with E-state index < -0.39 is 0 Å². The molecular weight excluding hydrogens is 262 g/mol. The van der Waals surface area contributed by atoms with Gasteiger partial charge in [-0.25, -0.2) is 4.98 Å². The number of pyridine rings is 1. The van der Waals surface area contributed by atoms with Gasteiger partial charge in [0.15, 0.2) is 5.78 Å². The molecule has 1 unspecified atom stereocenters. The highest BCUT2D eigenvalue weighted by Crippen LogP contribution is 2.29. The van der Waals surface area contributed by atoms with Crippen molar-refractivity contribution in [3.05, 3.63) is 46.0 Å². The van der Waals surface area contributed by atoms with E-state index in [4.69, 9.17) is 11.6 Å². The van der Waals surface area contributed by atoms with Gasteiger partial charge in [-0.05, 0) is 44.9 Å². The molecule has 1 aliphatic carbocycles. The van der Waals surface area contributed by atoms with Crippen LogP contribution in [-0.4, -0.2) is 20.5 Å². The van der Waals surface area contributed by atoms with E-state index in [-0.39, 0.29) is 11.8 Å². The minimum Gasteiger partial charge on any atom is -0.292 e. The Labute approximate surface area is 116 Å². The summed E-state index contributed by atoms with van der Waals surface area (Å²) in [6, 6.07) is 5.21. The molecule has 2 aromatic heterocycles. The Morgan fingerprint density at radius 2 is 2.16 bits per heavy atom. The normalized spacial score (nSPS) is 18.5. The molecule has 98 valence electrons. The van der Waals surface area contributed by atoms with E-state index in [9.17, 15) is 4.79 Å². The van der Waals surface area contributed by atoms with Gasteiger partial charge in [0, 0.05) is 11.3 Å². The summed E-state index contributed by atoms with van der Waals surface area (Å²) in [5.41, 5.74) is 3.43. The van der Waals surface area contributed by atoms with Gasteiger partial charge in [-0.2, -0.15) is 5.10 Å². The van der Waals surface area contributed by atoms with Crippen molar-refractivity contribution in [3.63, 3.8) is 0 Å². The predicted octanol–water partition coefficient (Wildman–Crippen LogP) is 2.92. The maximum atomic E-state index is 12.5. The number of rotatable bonds is 1. The molecule has 0 aliphatic heterocycles. The van der Waals surface area contributed by atoms with Gasteiger partial charge in [0.2, 0.25) is 0 Å². The minimum atomic E-state index is -0.218. The molecule has 0 N–H and O–H groups in total. The molecular formula is C14H14ClN3O. The topological polar surface area (TPSA) is 47.8 Å². The Morgan fingerprint density at radius 3 is 2.84 bits per heavy atom. The maximum absolute atomic E-state index is 12.5. The fourth-order valence-corrected chi connectivity index (χ4v) is 2.83. The molecule has 0 fully saturated rings. The fraction of sp³-hybridized carbons (Fsp3) is 0.357. The van der Waals surface area contributed by atoms with Crippen molar-refractivity contribution in [2.24, 2.45) is 0 Å². The Hall–Kier alpha value is -1.68. The van der Waals surface area contributed by atoms with E-state index in [2.05, 4.69) is 10.1 Å². The number of carbonyl (C=O) groups is 1. The van der Waals surface area contributed by atoms with Crippen LogP contribution in [0.5, 0.6) is 0 Å². The van der Waals surface area contributed by atoms with Crippen molar-refractivity contribution in [1.82, 2.24) is 14.8 Å². The van der Waals surface area contributed by atoms with Crippen LogP contribution in [0.2, 0.25) is 5.15 Å². The second kappa shape index (κ2) is 4.46. The molecule has 0 spiro atoms. The van der Waals surface area contributed by atoms with Crippen LogP contribution in [0, 0.1) is 13.8 Å². The third kappa shape index (κ3) is 2.06. The molecule has 4 nitrogen and oxygen atoms in total. The van der Waals surface area contributed by atoms with E-state index in [1.807, 2.05) is 24.6 Å². The van der Waals surface area contributed by atoms with E-state index in [1.54, 1.807) is 12.1 Å². The summed E-state index contributed by atoms with van der Waals surface area (Å²) in [4.78, 5) is 16.8. The summed E-state index contributed by atoms with van der Waals surface area (Å²) >= 11 is 5.87. The van der Waals surface area contributed by atoms with Crippen LogP contribution in [-0.2, 0) is 6.42 Å². The van der Waals surface area contributed by atoms with E-state index in [0.717, 1.165) is 29.9 Å². The monoisotopic (exact) mass is 275 g/mol. The molecule has 19 heavy (non-hydrogen) atoms. The number of fused-ring (bicyclic) bond motifs is 1. The zero-order valence-corrected chi connectivity index (χ0v) is 11.6. The molecule has 0 saturated carbocycles. The van der Waals surface area contributed by atoms with E-state index in [0.29, 0.717) is 10.7 Å². The molecule has 2 heterocycles. The largest absolute Gasteiger partial charge is 0.292 e. The second-order valence-electron chi connectivity index (χ2n) is 4.92. The average Bonchev–Trinajstić information content (AvgIpc) is 2.68. The molecule has 2 aromatic rings. The van der Waals surface area contributed by atoms with Crippen molar-refractivity contribution < 1.29 is 4.79 Å². The first-order valence-electron chi connectivity index (χ1n) is 6.28. The maximum Gasteiger partial charge on any atom is 0.189 e. The molecule has 0 saturated heterocycles. The highest BCUT2D eigenvalue weighted by atomic mass is 35.5. The number of hydrogen-bond acceptors (Lipinski definition) is 3. The van der Waals surface area contributed by atoms with Crippen molar-refractivity contribution >= 4 is 17.4 Å². The Morgan fingerprint density at radius 1 is 1.37 bits per heavy atom. The van der Waals surface area contributed by atoms with Crippen LogP contribution < -0.4 is 0 Å². The molecule has 0 aromatic carbocycles. The summed E-state index contributed by atoms with van der Waals surface area (Å²) < 4.78 is 1.83. The highest BCUT2D eigenvalue weighted by Gasteiger charge is 2.31. The third-order valence-corrected chi connectivity index (χ3v) is 3.71. The molecule has 0 radical (unpaired) electrons. The lowest BCUT2D eigenvalue weighted by Gasteiger charge is -2.24. The third-order valence-electron chi connectivity index (χ3n) is 3.50. The van der Waals surface area contributed by atoms with E-state index >= 15 is 0 Å². The number of aryl methyl sites for hydroxylation is 3. The molecule has 5 heteroatoms. The summed E-state index contributed by atoms with van der Waals surface area (Å²) in [6.45, 7) is 3.91. The second-order valence-corrected chi connectivity index (χ2v) is 5.31. The quantitative estimate of drug-likeness (QED) is 0.752. The molecule has 0 amide bonds. The van der Waals surface area contributed by atoms with Crippen LogP contribution in [0.25, 0.3) is 0 Å². The van der Waals surface area contributed by atoms with Gasteiger partial charge in [-0.1, -0.05) is 11.6 Å². The first kappa shape index (κ1) is 12.4. The van der Waals surface area contributed by atoms with Crippen molar-refractivity contribution in [2.45, 2.75) is 32.7 Å². The van der Waals surface area contributed by atoms with Gasteiger partial charge in [0.25, 0.3) is 0 Å². The Bertz CT molecular complexity index is 663. The van der Waals surface area contributed by atoms with Crippen LogP contribution in [0.4, 0.5) is 0 Å². The smallest absolute Gasteiger partial charge is 0.189 e. The number of halogens is 1. The van der Waals surface area contributed by atoms with Crippen molar-refractivity contribution in [2.75, 3.05) is 0 Å². The summed E-state index contributed by atoms with van der Waals surface area (Å²) in [6.07, 6.45) is 1.48. The SMILES string of the molecule is Cc1cc(C)n(C2CCc3nc(Cl)ccc3C2=O)n1. The standard InChI is InChI=1S/C14H14ClN3O/c1-8-7-9(2)18(17-8)12-5-4-11-10(14(12)19)3-6-13(15)16-11/h3,6-7,12H,4-5H2,1-2H3. The summed E-state index contributed by atoms with van der Waals surface area (Å²) in [5, 5.41) is 4.86. The Kier molecular flexibility index (Phi) is 2.90. The molecule has 3 rings (SSSR count). The lowest BCUT2D eigenvalue weighted by molar-refractivity contribution is 0.0896. The van der Waals surface area contributed by atoms with Gasteiger partial charge >= 0.3 is 0 Å². The molecule has 0 bridgehead atoms. The van der Waals surface area contributed by atoms with Gasteiger partial charge in [-0.3, -0.25) is 9.48 Å². The summed E-state index contributed by atoms with van der Waals surface area (Å²) in [5.74, 6) is 0.0802. The van der Waals surface area contributed by atoms with Gasteiger partial charge in [0.05, 0.1) is 11.4 Å². The summed E-state index contributed by atoms with van der Waals surface area (Å²) in [7, 11) is 0. The lowest BCUT2D eigenvalue weighted by atomic mass is 9.90. The fourth-order valence-electron chi connectivity index (χ4n) is 2.67. The van der Waals surface area contributed by atoms with Crippen LogP contribution in [0.15, 0.2) is 18.2 Å². The van der Waals surface area contributed by atoms with Gasteiger partial charge in [-0.15, -0.1) is 0 Å². The number of carbonyl (C=O) groups excluding carboxylic acids is 1. The van der Waals surface area contributed by atoms with Crippen LogP contribution in [0.3, 0.4) is 0 Å². The first-order chi connectivity index (χ1) is 9.06. The zero-order valence-electron chi connectivity index (χ0n) is 10.9. The zero-order chi connectivity index (χ0) is 13.6. The predicted molar refractivity (Wildman–Crippen MR) is 72.6 cm³/mol. The van der Waals surface area contributed by atoms with Crippen molar-refractivity contribution in [3.8, 4) is 0 Å². The average molecular weight is 276 g/mol. The number of aromatic nitrogens is 3. The number of Topliss-reactive ketones (excluding diaryl/α,β-unsaturated/α-hetero) is 1. The van der Waals surface area contributed by atoms with E-state index in [1.165, 1.54) is 0 Å². The van der Waals surface area contributed by atoms with Crippen molar-refractivity contribution in [1.29, 1.82) is 0 Å². The van der Waals surface area contributed by atoms with Crippen LogP contribution >= 0.6 is 11.6 Å². The number of hydrogen-bond donors (Lipinski definition) is 0. The lowest BCUT2D eigenvalue weighted by Crippen LogP contribution is -2.28. The van der Waals surface area contributed by atoms with Crippen LogP contribution in [0.1, 0.15) is 39.9 Å². The first-order valence-corrected chi connectivity index (χ1v) is 6.66. The molecule has 1 aliphatic rings. The number of ketones is 1.